The molecule has 1 N–H and O–H groups in total. The molecule has 0 bridgehead atoms. The SMILES string of the molecule is COc1cccc(N(CCCC(=O)NCCCN2CCC(C)CC2)S(C)(=O)=O)c1. The minimum Gasteiger partial charge on any atom is -0.497 e. The number of hydrogen-bond acceptors (Lipinski definition) is 5. The van der Waals surface area contributed by atoms with Crippen LogP contribution in [0.3, 0.4) is 0 Å². The van der Waals surface area contributed by atoms with Crippen molar-refractivity contribution in [1.29, 1.82) is 0 Å². The summed E-state index contributed by atoms with van der Waals surface area (Å²) in [6.45, 7) is 6.55. The van der Waals surface area contributed by atoms with Crippen molar-refractivity contribution in [2.45, 2.75) is 39.0 Å². The van der Waals surface area contributed by atoms with E-state index < -0.39 is 10.0 Å². The van der Waals surface area contributed by atoms with E-state index >= 15 is 0 Å². The van der Waals surface area contributed by atoms with Crippen molar-refractivity contribution in [3.63, 3.8) is 0 Å². The van der Waals surface area contributed by atoms with E-state index in [0.29, 0.717) is 30.8 Å². The number of nitrogens with one attached hydrogen (secondary N) is 1. The van der Waals surface area contributed by atoms with E-state index in [1.165, 1.54) is 23.4 Å². The molecule has 1 aliphatic heterocycles. The lowest BCUT2D eigenvalue weighted by Gasteiger charge is -2.30. The van der Waals surface area contributed by atoms with Crippen molar-refractivity contribution in [2.75, 3.05) is 50.4 Å². The maximum absolute atomic E-state index is 12.2. The van der Waals surface area contributed by atoms with E-state index in [9.17, 15) is 13.2 Å². The number of likely N-dealkylation sites (tertiary alicyclic amines) is 1. The molecule has 7 nitrogen and oxygen atoms in total. The number of benzene rings is 1. The van der Waals surface area contributed by atoms with Gasteiger partial charge in [-0.3, -0.25) is 9.10 Å². The minimum absolute atomic E-state index is 0.0311. The summed E-state index contributed by atoms with van der Waals surface area (Å²) >= 11 is 0. The van der Waals surface area contributed by atoms with Gasteiger partial charge in [0.05, 0.1) is 19.1 Å². The minimum atomic E-state index is -3.44. The van der Waals surface area contributed by atoms with Crippen molar-refractivity contribution in [3.05, 3.63) is 24.3 Å². The lowest BCUT2D eigenvalue weighted by Crippen LogP contribution is -2.35. The summed E-state index contributed by atoms with van der Waals surface area (Å²) in [5.41, 5.74) is 0.545. The van der Waals surface area contributed by atoms with Crippen molar-refractivity contribution >= 4 is 21.6 Å². The summed E-state index contributed by atoms with van der Waals surface area (Å²) in [5, 5.41) is 2.95. The number of piperidine rings is 1. The first-order chi connectivity index (χ1) is 13.8. The van der Waals surface area contributed by atoms with E-state index in [1.54, 1.807) is 31.4 Å². The Kier molecular flexibility index (Phi) is 9.23. The Hall–Kier alpha value is -1.80. The summed E-state index contributed by atoms with van der Waals surface area (Å²) in [5.74, 6) is 1.39. The number of amides is 1. The van der Waals surface area contributed by atoms with Crippen LogP contribution in [0.2, 0.25) is 0 Å². The van der Waals surface area contributed by atoms with Crippen LogP contribution >= 0.6 is 0 Å². The second kappa shape index (κ2) is 11.4. The number of methoxy groups -OCH3 is 1. The third-order valence-corrected chi connectivity index (χ3v) is 6.55. The zero-order valence-corrected chi connectivity index (χ0v) is 18.7. The summed E-state index contributed by atoms with van der Waals surface area (Å²) in [6.07, 6.45) is 5.40. The average Bonchev–Trinajstić information content (AvgIpc) is 2.69. The molecule has 1 amide bonds. The molecule has 0 atom stereocenters. The standard InChI is InChI=1S/C21H35N3O4S/c1-18-10-15-23(16-11-18)13-6-12-22-21(25)9-5-14-24(29(3,26)27)19-7-4-8-20(17-19)28-2/h4,7-8,17-18H,5-6,9-16H2,1-3H3,(H,22,25). The maximum Gasteiger partial charge on any atom is 0.232 e. The molecule has 1 aliphatic rings. The highest BCUT2D eigenvalue weighted by Gasteiger charge is 2.18. The second-order valence-corrected chi connectivity index (χ2v) is 9.77. The first kappa shape index (κ1) is 23.5. The van der Waals surface area contributed by atoms with Crippen molar-refractivity contribution in [2.24, 2.45) is 5.92 Å². The number of carbonyl (C=O) groups is 1. The third-order valence-electron chi connectivity index (χ3n) is 5.36. The van der Waals surface area contributed by atoms with Crippen LogP contribution in [0, 0.1) is 5.92 Å². The molecular formula is C21H35N3O4S. The van der Waals surface area contributed by atoms with Gasteiger partial charge in [0, 0.05) is 25.6 Å². The van der Waals surface area contributed by atoms with Crippen LogP contribution < -0.4 is 14.4 Å². The largest absolute Gasteiger partial charge is 0.497 e. The smallest absolute Gasteiger partial charge is 0.232 e. The summed E-state index contributed by atoms with van der Waals surface area (Å²) in [7, 11) is -1.90. The van der Waals surface area contributed by atoms with Gasteiger partial charge in [-0.05, 0) is 63.4 Å². The van der Waals surface area contributed by atoms with Crippen LogP contribution in [0.5, 0.6) is 5.75 Å². The van der Waals surface area contributed by atoms with Crippen molar-refractivity contribution in [3.8, 4) is 5.75 Å². The molecule has 0 aliphatic carbocycles. The molecule has 0 aromatic heterocycles. The molecule has 1 aromatic carbocycles. The first-order valence-electron chi connectivity index (χ1n) is 10.4. The van der Waals surface area contributed by atoms with Crippen LogP contribution in [-0.2, 0) is 14.8 Å². The molecule has 164 valence electrons. The highest BCUT2D eigenvalue weighted by molar-refractivity contribution is 7.92. The molecule has 1 fully saturated rings. The maximum atomic E-state index is 12.2. The number of anilines is 1. The third kappa shape index (κ3) is 8.22. The van der Waals surface area contributed by atoms with Gasteiger partial charge in [0.25, 0.3) is 0 Å². The van der Waals surface area contributed by atoms with Gasteiger partial charge in [-0.15, -0.1) is 0 Å². The highest BCUT2D eigenvalue weighted by atomic mass is 32.2. The molecule has 0 radical (unpaired) electrons. The van der Waals surface area contributed by atoms with Crippen LogP contribution in [0.1, 0.15) is 39.0 Å². The van der Waals surface area contributed by atoms with Crippen LogP contribution in [-0.4, -0.2) is 65.3 Å². The molecule has 0 unspecified atom stereocenters. The molecule has 1 saturated heterocycles. The van der Waals surface area contributed by atoms with E-state index in [4.69, 9.17) is 4.74 Å². The van der Waals surface area contributed by atoms with Gasteiger partial charge in [0.1, 0.15) is 5.75 Å². The quantitative estimate of drug-likeness (QED) is 0.551. The number of carbonyl (C=O) groups excluding carboxylic acids is 1. The molecule has 1 heterocycles. The lowest BCUT2D eigenvalue weighted by molar-refractivity contribution is -0.121. The van der Waals surface area contributed by atoms with Gasteiger partial charge in [0.15, 0.2) is 0 Å². The van der Waals surface area contributed by atoms with Crippen molar-refractivity contribution < 1.29 is 17.9 Å². The normalized spacial score (nSPS) is 15.8. The van der Waals surface area contributed by atoms with Gasteiger partial charge in [0.2, 0.25) is 15.9 Å². The highest BCUT2D eigenvalue weighted by Crippen LogP contribution is 2.23. The van der Waals surface area contributed by atoms with Crippen LogP contribution in [0.25, 0.3) is 0 Å². The zero-order valence-electron chi connectivity index (χ0n) is 17.9. The predicted molar refractivity (Wildman–Crippen MR) is 117 cm³/mol. The lowest BCUT2D eigenvalue weighted by atomic mass is 9.99. The molecule has 2 rings (SSSR count). The first-order valence-corrected chi connectivity index (χ1v) is 12.2. The fourth-order valence-corrected chi connectivity index (χ4v) is 4.50. The topological polar surface area (TPSA) is 79.0 Å². The predicted octanol–water partition coefficient (Wildman–Crippen LogP) is 2.48. The van der Waals surface area contributed by atoms with Crippen LogP contribution in [0.15, 0.2) is 24.3 Å². The van der Waals surface area contributed by atoms with Crippen LogP contribution in [0.4, 0.5) is 5.69 Å². The molecular weight excluding hydrogens is 390 g/mol. The number of nitrogens with zero attached hydrogens (tertiary/aromatic N) is 2. The van der Waals surface area contributed by atoms with E-state index in [0.717, 1.165) is 32.0 Å². The Balaban J connectivity index is 1.71. The van der Waals surface area contributed by atoms with Gasteiger partial charge < -0.3 is 15.0 Å². The number of hydrogen-bond donors (Lipinski definition) is 1. The van der Waals surface area contributed by atoms with E-state index in [-0.39, 0.29) is 12.5 Å². The van der Waals surface area contributed by atoms with Gasteiger partial charge in [-0.25, -0.2) is 8.42 Å². The fraction of sp³-hybridized carbons (Fsp3) is 0.667. The van der Waals surface area contributed by atoms with Gasteiger partial charge >= 0.3 is 0 Å². The number of rotatable bonds is 11. The van der Waals surface area contributed by atoms with E-state index in [2.05, 4.69) is 17.1 Å². The van der Waals surface area contributed by atoms with Crippen molar-refractivity contribution in [1.82, 2.24) is 10.2 Å². The summed E-state index contributed by atoms with van der Waals surface area (Å²) in [6, 6.07) is 6.93. The number of ether oxygens (including phenoxy) is 1. The molecule has 1 aromatic rings. The Morgan fingerprint density at radius 3 is 2.66 bits per heavy atom. The Morgan fingerprint density at radius 2 is 2.00 bits per heavy atom. The molecule has 0 saturated carbocycles. The molecule has 0 spiro atoms. The monoisotopic (exact) mass is 425 g/mol. The Morgan fingerprint density at radius 1 is 1.28 bits per heavy atom. The Labute approximate surface area is 175 Å². The molecule has 29 heavy (non-hydrogen) atoms. The average molecular weight is 426 g/mol. The number of sulfonamides is 1. The fourth-order valence-electron chi connectivity index (χ4n) is 3.54. The van der Waals surface area contributed by atoms with E-state index in [1.807, 2.05) is 0 Å². The summed E-state index contributed by atoms with van der Waals surface area (Å²) < 4.78 is 30.8. The zero-order chi connectivity index (χ0) is 21.3. The Bertz CT molecular complexity index is 746. The van der Waals surface area contributed by atoms with Gasteiger partial charge in [-0.1, -0.05) is 13.0 Å². The second-order valence-electron chi connectivity index (χ2n) is 7.87. The van der Waals surface area contributed by atoms with Gasteiger partial charge in [-0.2, -0.15) is 0 Å². The summed E-state index contributed by atoms with van der Waals surface area (Å²) in [4.78, 5) is 14.6. The molecule has 8 heteroatoms.